The summed E-state index contributed by atoms with van der Waals surface area (Å²) in [4.78, 5) is 15.7. The maximum Gasteiger partial charge on any atom is 0.260 e. The summed E-state index contributed by atoms with van der Waals surface area (Å²) in [5.74, 6) is 0.645. The van der Waals surface area contributed by atoms with Crippen LogP contribution in [0.3, 0.4) is 0 Å². The van der Waals surface area contributed by atoms with E-state index < -0.39 is 6.04 Å². The van der Waals surface area contributed by atoms with Gasteiger partial charge in [-0.15, -0.1) is 0 Å². The zero-order chi connectivity index (χ0) is 9.40. The van der Waals surface area contributed by atoms with E-state index in [0.29, 0.717) is 13.0 Å². The Balaban J connectivity index is 3.47. The Hall–Kier alpha value is -0.260. The average Bonchev–Trinajstić information content (AvgIpc) is 2.10. The molecule has 0 aliphatic heterocycles. The second-order valence-corrected chi connectivity index (χ2v) is 3.27. The molecule has 5 heteroatoms. The lowest BCUT2D eigenvalue weighted by atomic mass is 10.2. The van der Waals surface area contributed by atoms with Crippen LogP contribution in [0.25, 0.3) is 0 Å². The van der Waals surface area contributed by atoms with Gasteiger partial charge in [0.1, 0.15) is 0 Å². The van der Waals surface area contributed by atoms with Crippen LogP contribution in [0, 0.1) is 0 Å². The van der Waals surface area contributed by atoms with Crippen molar-refractivity contribution < 1.29 is 9.63 Å². The summed E-state index contributed by atoms with van der Waals surface area (Å²) in [7, 11) is 0. The molecule has 0 rings (SSSR count). The lowest BCUT2D eigenvalue weighted by Gasteiger charge is -2.10. The van der Waals surface area contributed by atoms with E-state index in [1.54, 1.807) is 18.7 Å². The Morgan fingerprint density at radius 3 is 2.92 bits per heavy atom. The van der Waals surface area contributed by atoms with Crippen LogP contribution >= 0.6 is 11.8 Å². The van der Waals surface area contributed by atoms with Gasteiger partial charge in [0.05, 0.1) is 12.6 Å². The molecule has 0 unspecified atom stereocenters. The summed E-state index contributed by atoms with van der Waals surface area (Å²) in [6.45, 7) is 2.26. The monoisotopic (exact) mass is 192 g/mol. The van der Waals surface area contributed by atoms with Crippen molar-refractivity contribution in [3.05, 3.63) is 0 Å². The fraction of sp³-hybridized carbons (Fsp3) is 0.857. The Morgan fingerprint density at radius 2 is 2.42 bits per heavy atom. The quantitative estimate of drug-likeness (QED) is 0.587. The minimum Gasteiger partial charge on any atom is -0.320 e. The first-order valence-electron chi connectivity index (χ1n) is 3.88. The molecule has 0 aliphatic carbocycles. The van der Waals surface area contributed by atoms with E-state index >= 15 is 0 Å². The van der Waals surface area contributed by atoms with E-state index in [9.17, 15) is 4.79 Å². The van der Waals surface area contributed by atoms with E-state index in [1.165, 1.54) is 0 Å². The van der Waals surface area contributed by atoms with Crippen LogP contribution in [0.1, 0.15) is 13.3 Å². The molecular formula is C7H16N2O2S. The van der Waals surface area contributed by atoms with Crippen LogP contribution in [0.15, 0.2) is 0 Å². The third kappa shape index (κ3) is 5.40. The minimum absolute atomic E-state index is 0.245. The van der Waals surface area contributed by atoms with Crippen LogP contribution in [0.5, 0.6) is 0 Å². The first kappa shape index (κ1) is 11.7. The molecule has 0 aromatic heterocycles. The molecule has 0 aromatic carbocycles. The van der Waals surface area contributed by atoms with Gasteiger partial charge in [0, 0.05) is 0 Å². The lowest BCUT2D eigenvalue weighted by Crippen LogP contribution is -2.40. The fourth-order valence-electron chi connectivity index (χ4n) is 0.595. The molecule has 0 aromatic rings. The predicted molar refractivity (Wildman–Crippen MR) is 50.7 cm³/mol. The van der Waals surface area contributed by atoms with E-state index in [4.69, 9.17) is 10.6 Å². The first-order valence-corrected chi connectivity index (χ1v) is 5.28. The zero-order valence-electron chi connectivity index (χ0n) is 7.50. The van der Waals surface area contributed by atoms with Gasteiger partial charge in [-0.25, -0.2) is 5.48 Å². The van der Waals surface area contributed by atoms with Gasteiger partial charge in [0.2, 0.25) is 0 Å². The Kier molecular flexibility index (Phi) is 7.23. The zero-order valence-corrected chi connectivity index (χ0v) is 8.32. The number of amides is 1. The molecule has 0 saturated carbocycles. The molecule has 1 amide bonds. The van der Waals surface area contributed by atoms with Crippen molar-refractivity contribution in [2.75, 3.05) is 18.6 Å². The molecule has 72 valence electrons. The van der Waals surface area contributed by atoms with E-state index in [-0.39, 0.29) is 5.91 Å². The van der Waals surface area contributed by atoms with Crippen LogP contribution in [0.2, 0.25) is 0 Å². The second kappa shape index (κ2) is 7.39. The largest absolute Gasteiger partial charge is 0.320 e. The Morgan fingerprint density at radius 1 is 1.75 bits per heavy atom. The standard InChI is InChI=1S/C7H16N2O2S/c1-3-11-9-7(10)6(8)4-5-12-2/h6H,3-5,8H2,1-2H3,(H,9,10)/t6-/m0/s1. The highest BCUT2D eigenvalue weighted by atomic mass is 32.2. The summed E-state index contributed by atoms with van der Waals surface area (Å²) in [5, 5.41) is 0. The predicted octanol–water partition coefficient (Wildman–Crippen LogP) is 0.134. The summed E-state index contributed by atoms with van der Waals surface area (Å²) in [6, 6.07) is -0.455. The second-order valence-electron chi connectivity index (χ2n) is 2.29. The molecule has 0 spiro atoms. The molecule has 12 heavy (non-hydrogen) atoms. The van der Waals surface area contributed by atoms with Gasteiger partial charge in [0.25, 0.3) is 5.91 Å². The summed E-state index contributed by atoms with van der Waals surface area (Å²) in [6.07, 6.45) is 2.66. The van der Waals surface area contributed by atoms with Crippen molar-refractivity contribution in [3.63, 3.8) is 0 Å². The van der Waals surface area contributed by atoms with Crippen LogP contribution in [0.4, 0.5) is 0 Å². The molecule has 0 radical (unpaired) electrons. The number of nitrogens with two attached hydrogens (primary N) is 1. The smallest absolute Gasteiger partial charge is 0.260 e. The SMILES string of the molecule is CCONC(=O)[C@@H](N)CCSC. The molecule has 0 aliphatic rings. The Bertz CT molecular complexity index is 133. The molecular weight excluding hydrogens is 176 g/mol. The van der Waals surface area contributed by atoms with Crippen molar-refractivity contribution in [3.8, 4) is 0 Å². The summed E-state index contributed by atoms with van der Waals surface area (Å²) >= 11 is 1.67. The maximum atomic E-state index is 11.0. The van der Waals surface area contributed by atoms with E-state index in [2.05, 4.69) is 5.48 Å². The topological polar surface area (TPSA) is 64.3 Å². The van der Waals surface area contributed by atoms with Crippen LogP contribution < -0.4 is 11.2 Å². The third-order valence-corrected chi connectivity index (χ3v) is 1.93. The summed E-state index contributed by atoms with van der Waals surface area (Å²) < 4.78 is 0. The molecule has 0 saturated heterocycles. The molecule has 0 heterocycles. The number of carbonyl (C=O) groups is 1. The lowest BCUT2D eigenvalue weighted by molar-refractivity contribution is -0.134. The molecule has 1 atom stereocenters. The molecule has 3 N–H and O–H groups in total. The van der Waals surface area contributed by atoms with Gasteiger partial charge >= 0.3 is 0 Å². The maximum absolute atomic E-state index is 11.0. The van der Waals surface area contributed by atoms with Gasteiger partial charge in [-0.2, -0.15) is 11.8 Å². The van der Waals surface area contributed by atoms with Crippen LogP contribution in [-0.2, 0) is 9.63 Å². The van der Waals surface area contributed by atoms with Gasteiger partial charge in [-0.1, -0.05) is 0 Å². The van der Waals surface area contributed by atoms with Gasteiger partial charge in [0.15, 0.2) is 0 Å². The molecule has 0 bridgehead atoms. The number of thioether (sulfide) groups is 1. The number of hydrogen-bond acceptors (Lipinski definition) is 4. The molecule has 0 fully saturated rings. The van der Waals surface area contributed by atoms with Gasteiger partial charge in [-0.05, 0) is 25.4 Å². The average molecular weight is 192 g/mol. The highest BCUT2D eigenvalue weighted by molar-refractivity contribution is 7.98. The van der Waals surface area contributed by atoms with Crippen molar-refractivity contribution in [2.45, 2.75) is 19.4 Å². The number of nitrogens with one attached hydrogen (secondary N) is 1. The van der Waals surface area contributed by atoms with E-state index in [1.807, 2.05) is 6.26 Å². The third-order valence-electron chi connectivity index (χ3n) is 1.29. The van der Waals surface area contributed by atoms with Gasteiger partial charge in [-0.3, -0.25) is 9.63 Å². The summed E-state index contributed by atoms with van der Waals surface area (Å²) in [5.41, 5.74) is 7.81. The van der Waals surface area contributed by atoms with Crippen molar-refractivity contribution in [2.24, 2.45) is 5.73 Å². The fourth-order valence-corrected chi connectivity index (χ4v) is 1.08. The number of carbonyl (C=O) groups excluding carboxylic acids is 1. The molecule has 4 nitrogen and oxygen atoms in total. The normalized spacial score (nSPS) is 12.6. The van der Waals surface area contributed by atoms with Crippen molar-refractivity contribution in [1.82, 2.24) is 5.48 Å². The van der Waals surface area contributed by atoms with Gasteiger partial charge < -0.3 is 5.73 Å². The minimum atomic E-state index is -0.455. The van der Waals surface area contributed by atoms with Crippen molar-refractivity contribution in [1.29, 1.82) is 0 Å². The highest BCUT2D eigenvalue weighted by Crippen LogP contribution is 1.98. The van der Waals surface area contributed by atoms with Crippen molar-refractivity contribution >= 4 is 17.7 Å². The highest BCUT2D eigenvalue weighted by Gasteiger charge is 2.11. The Labute approximate surface area is 77.2 Å². The first-order chi connectivity index (χ1) is 5.72. The number of hydroxylamine groups is 1. The number of hydrogen-bond donors (Lipinski definition) is 2. The van der Waals surface area contributed by atoms with E-state index in [0.717, 1.165) is 5.75 Å². The number of rotatable bonds is 6. The van der Waals surface area contributed by atoms with Crippen LogP contribution in [-0.4, -0.2) is 30.6 Å².